The van der Waals surface area contributed by atoms with E-state index in [1.165, 1.54) is 0 Å². The molecule has 2 unspecified atom stereocenters. The summed E-state index contributed by atoms with van der Waals surface area (Å²) in [5.74, 6) is -0.544. The quantitative estimate of drug-likeness (QED) is 0.841. The number of carbonyl (C=O) groups is 1. The third-order valence-electron chi connectivity index (χ3n) is 3.66. The lowest BCUT2D eigenvalue weighted by atomic mass is 10.0. The van der Waals surface area contributed by atoms with Gasteiger partial charge in [-0.05, 0) is 17.9 Å². The summed E-state index contributed by atoms with van der Waals surface area (Å²) in [5, 5.41) is 18.7. The highest BCUT2D eigenvalue weighted by atomic mass is 32.2. The van der Waals surface area contributed by atoms with E-state index in [-0.39, 0.29) is 12.6 Å². The van der Waals surface area contributed by atoms with Gasteiger partial charge in [-0.3, -0.25) is 4.79 Å². The largest absolute Gasteiger partial charge is 0.481 e. The topological polar surface area (TPSA) is 73.6 Å². The van der Waals surface area contributed by atoms with Crippen molar-refractivity contribution >= 4 is 23.4 Å². The third-order valence-corrected chi connectivity index (χ3v) is 4.60. The molecule has 0 saturated carbocycles. The number of nitriles is 1. The van der Waals surface area contributed by atoms with Gasteiger partial charge in [0.25, 0.3) is 0 Å². The van der Waals surface area contributed by atoms with Crippen LogP contribution in [0.15, 0.2) is 23.1 Å². The Morgan fingerprint density at radius 1 is 1.57 bits per heavy atom. The van der Waals surface area contributed by atoms with Crippen molar-refractivity contribution in [3.8, 4) is 6.07 Å². The Morgan fingerprint density at radius 2 is 2.33 bits per heavy atom. The van der Waals surface area contributed by atoms with Gasteiger partial charge in [0.05, 0.1) is 30.5 Å². The zero-order chi connectivity index (χ0) is 15.4. The van der Waals surface area contributed by atoms with Crippen molar-refractivity contribution in [3.63, 3.8) is 0 Å². The smallest absolute Gasteiger partial charge is 0.311 e. The molecule has 0 aliphatic carbocycles. The van der Waals surface area contributed by atoms with Crippen LogP contribution in [0, 0.1) is 17.2 Å². The molecule has 1 aliphatic heterocycles. The number of carboxylic acid groups (broad SMARTS) is 1. The number of rotatable bonds is 5. The molecule has 112 valence electrons. The van der Waals surface area contributed by atoms with Crippen molar-refractivity contribution in [1.29, 1.82) is 5.26 Å². The van der Waals surface area contributed by atoms with Crippen LogP contribution < -0.4 is 4.90 Å². The molecule has 0 aromatic heterocycles. The number of carboxylic acids is 1. The van der Waals surface area contributed by atoms with Gasteiger partial charge in [-0.15, -0.1) is 11.8 Å². The highest BCUT2D eigenvalue weighted by molar-refractivity contribution is 7.99. The van der Waals surface area contributed by atoms with Crippen LogP contribution in [0.1, 0.15) is 12.5 Å². The molecule has 1 N–H and O–H groups in total. The van der Waals surface area contributed by atoms with Crippen LogP contribution in [0.3, 0.4) is 0 Å². The van der Waals surface area contributed by atoms with Crippen molar-refractivity contribution in [2.75, 3.05) is 30.9 Å². The van der Waals surface area contributed by atoms with Crippen LogP contribution in [-0.4, -0.2) is 43.1 Å². The Balaban J connectivity index is 2.35. The molecule has 2 rings (SSSR count). The first-order valence-electron chi connectivity index (χ1n) is 6.79. The summed E-state index contributed by atoms with van der Waals surface area (Å²) >= 11 is 1.61. The lowest BCUT2D eigenvalue weighted by molar-refractivity contribution is -0.141. The van der Waals surface area contributed by atoms with Crippen LogP contribution in [0.4, 0.5) is 5.69 Å². The van der Waals surface area contributed by atoms with Crippen molar-refractivity contribution in [2.24, 2.45) is 5.92 Å². The van der Waals surface area contributed by atoms with Crippen LogP contribution in [0.25, 0.3) is 0 Å². The average molecular weight is 306 g/mol. The van der Waals surface area contributed by atoms with Crippen molar-refractivity contribution in [1.82, 2.24) is 0 Å². The lowest BCUT2D eigenvalue weighted by Gasteiger charge is -2.29. The van der Waals surface area contributed by atoms with Gasteiger partial charge in [0.15, 0.2) is 0 Å². The summed E-state index contributed by atoms with van der Waals surface area (Å²) < 4.78 is 5.31. The molecule has 1 aliphatic rings. The molecule has 1 aromatic rings. The summed E-state index contributed by atoms with van der Waals surface area (Å²) in [6.45, 7) is 2.62. The van der Waals surface area contributed by atoms with E-state index in [2.05, 4.69) is 6.07 Å². The Kier molecular flexibility index (Phi) is 5.10. The van der Waals surface area contributed by atoms with E-state index < -0.39 is 11.9 Å². The van der Waals surface area contributed by atoms with Crippen LogP contribution >= 0.6 is 11.8 Å². The molecule has 0 spiro atoms. The summed E-state index contributed by atoms with van der Waals surface area (Å²) in [5.41, 5.74) is 1.36. The Morgan fingerprint density at radius 3 is 2.95 bits per heavy atom. The number of likely N-dealkylation sites (N-methyl/N-ethyl adjacent to an activating group) is 1. The minimum Gasteiger partial charge on any atom is -0.481 e. The maximum absolute atomic E-state index is 11.3. The zero-order valence-electron chi connectivity index (χ0n) is 12.1. The minimum absolute atomic E-state index is 0.218. The van der Waals surface area contributed by atoms with Crippen molar-refractivity contribution in [2.45, 2.75) is 17.9 Å². The number of anilines is 1. The predicted octanol–water partition coefficient (Wildman–Crippen LogP) is 2.21. The monoisotopic (exact) mass is 306 g/mol. The summed E-state index contributed by atoms with van der Waals surface area (Å²) in [6.07, 6.45) is 0. The first-order valence-corrected chi connectivity index (χ1v) is 7.78. The standard InChI is InChI=1S/C15H18N2O3S/c1-3-21-14-6-4-5-12(10(14)7-16)17(2)13-9-20-8-11(13)15(18)19/h4-6,11,13H,3,8-9H2,1-2H3,(H,18,19). The number of nitrogens with zero attached hydrogens (tertiary/aromatic N) is 2. The van der Waals surface area contributed by atoms with Gasteiger partial charge in [0.1, 0.15) is 12.0 Å². The number of hydrogen-bond donors (Lipinski definition) is 1. The molecular formula is C15H18N2O3S. The van der Waals surface area contributed by atoms with Crippen molar-refractivity contribution in [3.05, 3.63) is 23.8 Å². The lowest BCUT2D eigenvalue weighted by Crippen LogP contribution is -2.41. The summed E-state index contributed by atoms with van der Waals surface area (Å²) in [7, 11) is 1.83. The maximum atomic E-state index is 11.3. The molecule has 1 saturated heterocycles. The maximum Gasteiger partial charge on any atom is 0.311 e. The fourth-order valence-electron chi connectivity index (χ4n) is 2.54. The van der Waals surface area contributed by atoms with E-state index in [4.69, 9.17) is 4.74 Å². The average Bonchev–Trinajstić information content (AvgIpc) is 2.96. The summed E-state index contributed by atoms with van der Waals surface area (Å²) in [6, 6.07) is 7.67. The van der Waals surface area contributed by atoms with Gasteiger partial charge in [0.2, 0.25) is 0 Å². The van der Waals surface area contributed by atoms with Gasteiger partial charge < -0.3 is 14.7 Å². The summed E-state index contributed by atoms with van der Waals surface area (Å²) in [4.78, 5) is 14.1. The number of thioether (sulfide) groups is 1. The zero-order valence-corrected chi connectivity index (χ0v) is 12.9. The van der Waals surface area contributed by atoms with E-state index in [0.29, 0.717) is 12.2 Å². The highest BCUT2D eigenvalue weighted by Crippen LogP contribution is 2.32. The third kappa shape index (κ3) is 3.14. The van der Waals surface area contributed by atoms with E-state index in [9.17, 15) is 15.2 Å². The van der Waals surface area contributed by atoms with E-state index in [0.717, 1.165) is 16.3 Å². The van der Waals surface area contributed by atoms with Gasteiger partial charge in [-0.25, -0.2) is 0 Å². The normalized spacial score (nSPS) is 21.0. The molecule has 2 atom stereocenters. The molecule has 1 fully saturated rings. The second kappa shape index (κ2) is 6.83. The number of hydrogen-bond acceptors (Lipinski definition) is 5. The number of aliphatic carboxylic acids is 1. The van der Waals surface area contributed by atoms with Crippen LogP contribution in [0.5, 0.6) is 0 Å². The van der Waals surface area contributed by atoms with E-state index in [1.54, 1.807) is 11.8 Å². The molecule has 0 bridgehead atoms. The molecule has 6 heteroatoms. The van der Waals surface area contributed by atoms with E-state index >= 15 is 0 Å². The second-order valence-electron chi connectivity index (χ2n) is 4.86. The Labute approximate surface area is 128 Å². The fraction of sp³-hybridized carbons (Fsp3) is 0.467. The first-order chi connectivity index (χ1) is 10.1. The number of benzene rings is 1. The molecule has 21 heavy (non-hydrogen) atoms. The van der Waals surface area contributed by atoms with Gasteiger partial charge in [-0.1, -0.05) is 13.0 Å². The van der Waals surface area contributed by atoms with Gasteiger partial charge in [-0.2, -0.15) is 5.26 Å². The number of ether oxygens (including phenoxy) is 1. The molecule has 1 aromatic carbocycles. The van der Waals surface area contributed by atoms with E-state index in [1.807, 2.05) is 37.1 Å². The van der Waals surface area contributed by atoms with Gasteiger partial charge in [0, 0.05) is 11.9 Å². The molecule has 0 amide bonds. The van der Waals surface area contributed by atoms with Crippen LogP contribution in [-0.2, 0) is 9.53 Å². The Bertz CT molecular complexity index is 571. The second-order valence-corrected chi connectivity index (χ2v) is 6.16. The molecular weight excluding hydrogens is 288 g/mol. The van der Waals surface area contributed by atoms with Gasteiger partial charge >= 0.3 is 5.97 Å². The van der Waals surface area contributed by atoms with Crippen molar-refractivity contribution < 1.29 is 14.6 Å². The van der Waals surface area contributed by atoms with Crippen LogP contribution in [0.2, 0.25) is 0 Å². The highest BCUT2D eigenvalue weighted by Gasteiger charge is 2.37. The fourth-order valence-corrected chi connectivity index (χ4v) is 3.32. The predicted molar refractivity (Wildman–Crippen MR) is 81.7 cm³/mol. The Hall–Kier alpha value is -1.71. The first kappa shape index (κ1) is 15.7. The molecule has 5 nitrogen and oxygen atoms in total. The molecule has 1 heterocycles. The molecule has 0 radical (unpaired) electrons. The SMILES string of the molecule is CCSc1cccc(N(C)C2COCC2C(=O)O)c1C#N. The minimum atomic E-state index is -0.859.